The van der Waals surface area contributed by atoms with Crippen LogP contribution >= 0.6 is 0 Å². The molecule has 4 heteroatoms. The summed E-state index contributed by atoms with van der Waals surface area (Å²) in [6.45, 7) is 4.08. The van der Waals surface area contributed by atoms with Gasteiger partial charge in [0.1, 0.15) is 6.26 Å². The molecule has 0 radical (unpaired) electrons. The molecule has 18 heavy (non-hydrogen) atoms. The lowest BCUT2D eigenvalue weighted by Crippen LogP contribution is -2.26. The Morgan fingerprint density at radius 1 is 1.39 bits per heavy atom. The average molecular weight is 243 g/mol. The number of hydrogen-bond donors (Lipinski definition) is 1. The van der Waals surface area contributed by atoms with E-state index in [4.69, 9.17) is 9.40 Å². The summed E-state index contributed by atoms with van der Waals surface area (Å²) in [4.78, 5) is 9.39. The first-order valence-electron chi connectivity index (χ1n) is 6.50. The number of aryl methyl sites for hydroxylation is 1. The molecule has 0 aromatic carbocycles. The lowest BCUT2D eigenvalue weighted by molar-refractivity contribution is 0.567. The lowest BCUT2D eigenvalue weighted by Gasteiger charge is -2.19. The monoisotopic (exact) mass is 243 g/mol. The van der Waals surface area contributed by atoms with Gasteiger partial charge in [0.15, 0.2) is 5.82 Å². The van der Waals surface area contributed by atoms with Gasteiger partial charge in [0.25, 0.3) is 0 Å². The smallest absolute Gasteiger partial charge is 0.162 e. The molecular formula is C14H17N3O. The van der Waals surface area contributed by atoms with E-state index in [-0.39, 0.29) is 0 Å². The Kier molecular flexibility index (Phi) is 3.11. The van der Waals surface area contributed by atoms with E-state index in [2.05, 4.69) is 17.2 Å². The van der Waals surface area contributed by atoms with Crippen molar-refractivity contribution in [2.75, 3.05) is 6.54 Å². The Morgan fingerprint density at radius 3 is 3.11 bits per heavy atom. The normalized spacial score (nSPS) is 14.5. The molecule has 1 aliphatic heterocycles. The highest BCUT2D eigenvalue weighted by Crippen LogP contribution is 2.22. The van der Waals surface area contributed by atoms with E-state index in [1.807, 2.05) is 6.07 Å². The third-order valence-electron chi connectivity index (χ3n) is 3.28. The van der Waals surface area contributed by atoms with Crippen LogP contribution in [0.1, 0.15) is 30.3 Å². The van der Waals surface area contributed by atoms with Crippen LogP contribution in [0.25, 0.3) is 11.4 Å². The molecule has 0 saturated heterocycles. The fourth-order valence-electron chi connectivity index (χ4n) is 2.38. The number of fused-ring (bicyclic) bond motifs is 1. The van der Waals surface area contributed by atoms with Crippen molar-refractivity contribution >= 4 is 0 Å². The van der Waals surface area contributed by atoms with Gasteiger partial charge in [-0.3, -0.25) is 0 Å². The van der Waals surface area contributed by atoms with Crippen molar-refractivity contribution in [1.82, 2.24) is 15.3 Å². The molecule has 2 aromatic rings. The average Bonchev–Trinajstić information content (AvgIpc) is 2.93. The summed E-state index contributed by atoms with van der Waals surface area (Å²) in [6.07, 6.45) is 6.48. The molecule has 0 unspecified atom stereocenters. The summed E-state index contributed by atoms with van der Waals surface area (Å²) in [5.41, 5.74) is 4.65. The van der Waals surface area contributed by atoms with Crippen LogP contribution in [0.2, 0.25) is 0 Å². The number of hydrogen-bond acceptors (Lipinski definition) is 4. The molecule has 94 valence electrons. The SMILES string of the molecule is CCCc1nc(-c2ccoc2)nc2c1CNCC2. The second-order valence-corrected chi connectivity index (χ2v) is 4.61. The van der Waals surface area contributed by atoms with Gasteiger partial charge in [0, 0.05) is 30.8 Å². The zero-order valence-corrected chi connectivity index (χ0v) is 10.6. The van der Waals surface area contributed by atoms with Crippen molar-refractivity contribution in [2.45, 2.75) is 32.7 Å². The maximum atomic E-state index is 5.12. The highest BCUT2D eigenvalue weighted by molar-refractivity contribution is 5.54. The van der Waals surface area contributed by atoms with E-state index in [9.17, 15) is 0 Å². The van der Waals surface area contributed by atoms with E-state index < -0.39 is 0 Å². The summed E-state index contributed by atoms with van der Waals surface area (Å²) in [7, 11) is 0. The molecule has 2 aromatic heterocycles. The standard InChI is InChI=1S/C14H17N3O/c1-2-3-12-11-8-15-6-4-13(11)17-14(16-12)10-5-7-18-9-10/h5,7,9,15H,2-4,6,8H2,1H3. The van der Waals surface area contributed by atoms with Gasteiger partial charge < -0.3 is 9.73 Å². The van der Waals surface area contributed by atoms with E-state index in [1.165, 1.54) is 17.0 Å². The molecule has 0 amide bonds. The minimum atomic E-state index is 0.799. The topological polar surface area (TPSA) is 51.0 Å². The molecule has 4 nitrogen and oxygen atoms in total. The Morgan fingerprint density at radius 2 is 2.33 bits per heavy atom. The number of furan rings is 1. The third-order valence-corrected chi connectivity index (χ3v) is 3.28. The summed E-state index contributed by atoms with van der Waals surface area (Å²) in [5.74, 6) is 0.799. The van der Waals surface area contributed by atoms with Gasteiger partial charge in [-0.1, -0.05) is 13.3 Å². The first kappa shape index (κ1) is 11.4. The maximum Gasteiger partial charge on any atom is 0.162 e. The predicted molar refractivity (Wildman–Crippen MR) is 69.1 cm³/mol. The first-order valence-corrected chi connectivity index (χ1v) is 6.50. The molecule has 0 bridgehead atoms. The highest BCUT2D eigenvalue weighted by Gasteiger charge is 2.17. The minimum Gasteiger partial charge on any atom is -0.472 e. The fourth-order valence-corrected chi connectivity index (χ4v) is 2.38. The van der Waals surface area contributed by atoms with Crippen LogP contribution in [0.15, 0.2) is 23.0 Å². The Labute approximate surface area is 106 Å². The van der Waals surface area contributed by atoms with Gasteiger partial charge in [-0.15, -0.1) is 0 Å². The van der Waals surface area contributed by atoms with Gasteiger partial charge in [-0.2, -0.15) is 0 Å². The summed E-state index contributed by atoms with van der Waals surface area (Å²) < 4.78 is 5.12. The molecular weight excluding hydrogens is 226 g/mol. The molecule has 0 aliphatic carbocycles. The Balaban J connectivity index is 2.09. The highest BCUT2D eigenvalue weighted by atomic mass is 16.3. The van der Waals surface area contributed by atoms with Crippen LogP contribution in [-0.2, 0) is 19.4 Å². The van der Waals surface area contributed by atoms with Gasteiger partial charge in [0.2, 0.25) is 0 Å². The van der Waals surface area contributed by atoms with E-state index in [0.29, 0.717) is 0 Å². The van der Waals surface area contributed by atoms with Crippen LogP contribution in [0.4, 0.5) is 0 Å². The van der Waals surface area contributed by atoms with Crippen LogP contribution in [0.5, 0.6) is 0 Å². The summed E-state index contributed by atoms with van der Waals surface area (Å²) in [5, 5.41) is 3.40. The fraction of sp³-hybridized carbons (Fsp3) is 0.429. The van der Waals surface area contributed by atoms with Crippen LogP contribution < -0.4 is 5.32 Å². The minimum absolute atomic E-state index is 0.799. The Hall–Kier alpha value is -1.68. The van der Waals surface area contributed by atoms with Crippen molar-refractivity contribution < 1.29 is 4.42 Å². The Bertz CT molecular complexity index is 534. The van der Waals surface area contributed by atoms with E-state index in [1.54, 1.807) is 12.5 Å². The molecule has 0 fully saturated rings. The molecule has 3 heterocycles. The maximum absolute atomic E-state index is 5.12. The largest absolute Gasteiger partial charge is 0.472 e. The lowest BCUT2D eigenvalue weighted by atomic mass is 10.0. The van der Waals surface area contributed by atoms with Crippen LogP contribution in [0.3, 0.4) is 0 Å². The molecule has 1 aliphatic rings. The number of nitrogens with zero attached hydrogens (tertiary/aromatic N) is 2. The van der Waals surface area contributed by atoms with Gasteiger partial charge in [-0.25, -0.2) is 9.97 Å². The van der Waals surface area contributed by atoms with Crippen molar-refractivity contribution in [1.29, 1.82) is 0 Å². The van der Waals surface area contributed by atoms with E-state index >= 15 is 0 Å². The third kappa shape index (κ3) is 2.04. The molecule has 1 N–H and O–H groups in total. The number of aromatic nitrogens is 2. The van der Waals surface area contributed by atoms with Crippen LogP contribution in [-0.4, -0.2) is 16.5 Å². The quantitative estimate of drug-likeness (QED) is 0.899. The van der Waals surface area contributed by atoms with Crippen molar-refractivity contribution in [3.05, 3.63) is 35.5 Å². The van der Waals surface area contributed by atoms with Crippen LogP contribution in [0, 0.1) is 0 Å². The van der Waals surface area contributed by atoms with Gasteiger partial charge in [0.05, 0.1) is 17.5 Å². The number of nitrogens with one attached hydrogen (secondary N) is 1. The number of rotatable bonds is 3. The zero-order valence-electron chi connectivity index (χ0n) is 10.6. The summed E-state index contributed by atoms with van der Waals surface area (Å²) in [6, 6.07) is 1.92. The van der Waals surface area contributed by atoms with Gasteiger partial charge >= 0.3 is 0 Å². The zero-order chi connectivity index (χ0) is 12.4. The first-order chi connectivity index (χ1) is 8.88. The van der Waals surface area contributed by atoms with E-state index in [0.717, 1.165) is 43.7 Å². The second-order valence-electron chi connectivity index (χ2n) is 4.61. The molecule has 3 rings (SSSR count). The molecule has 0 saturated carbocycles. The molecule has 0 atom stereocenters. The van der Waals surface area contributed by atoms with Crippen molar-refractivity contribution in [3.8, 4) is 11.4 Å². The second kappa shape index (κ2) is 4.90. The summed E-state index contributed by atoms with van der Waals surface area (Å²) >= 11 is 0. The van der Waals surface area contributed by atoms with Crippen molar-refractivity contribution in [2.24, 2.45) is 0 Å². The van der Waals surface area contributed by atoms with Gasteiger partial charge in [-0.05, 0) is 12.5 Å². The molecule has 0 spiro atoms. The predicted octanol–water partition coefficient (Wildman–Crippen LogP) is 2.33. The van der Waals surface area contributed by atoms with Crippen molar-refractivity contribution in [3.63, 3.8) is 0 Å².